The number of rotatable bonds is 1. The molecule has 134 valence electrons. The van der Waals surface area contributed by atoms with Gasteiger partial charge in [0.1, 0.15) is 5.75 Å². The Morgan fingerprint density at radius 3 is 2.44 bits per heavy atom. The molecule has 0 unspecified atom stereocenters. The summed E-state index contributed by atoms with van der Waals surface area (Å²) in [5.74, 6) is 0.905. The third kappa shape index (κ3) is 2.24. The normalized spacial score (nSPS) is 21.7. The number of anilines is 2. The van der Waals surface area contributed by atoms with Crippen LogP contribution < -0.4 is 9.64 Å². The number of nitrogens with zero attached hydrogens (tertiary/aromatic N) is 1. The van der Waals surface area contributed by atoms with E-state index in [4.69, 9.17) is 4.74 Å². The molecule has 0 bridgehead atoms. The Balaban J connectivity index is 1.77. The summed E-state index contributed by atoms with van der Waals surface area (Å²) in [6, 6.07) is 25.3. The molecule has 3 heteroatoms. The van der Waals surface area contributed by atoms with Crippen LogP contribution in [0.1, 0.15) is 25.0 Å². The Hall–Kier alpha value is -2.52. The molecular formula is C24H20BrNO. The van der Waals surface area contributed by atoms with Gasteiger partial charge in [-0.2, -0.15) is 0 Å². The highest BCUT2D eigenvalue weighted by molar-refractivity contribution is 9.10. The zero-order valence-corrected chi connectivity index (χ0v) is 16.9. The first-order valence-corrected chi connectivity index (χ1v) is 9.95. The van der Waals surface area contributed by atoms with Crippen LogP contribution >= 0.6 is 15.9 Å². The first kappa shape index (κ1) is 16.6. The second-order valence-electron chi connectivity index (χ2n) is 7.63. The van der Waals surface area contributed by atoms with Crippen molar-refractivity contribution in [2.75, 3.05) is 4.90 Å². The summed E-state index contributed by atoms with van der Waals surface area (Å²) in [6.45, 7) is 4.53. The Bertz CT molecular complexity index is 1060. The second-order valence-corrected chi connectivity index (χ2v) is 8.54. The molecule has 0 saturated heterocycles. The monoisotopic (exact) mass is 417 g/mol. The number of hydrogen-bond acceptors (Lipinski definition) is 2. The number of fused-ring (bicyclic) bond motifs is 2. The molecule has 27 heavy (non-hydrogen) atoms. The molecule has 0 N–H and O–H groups in total. The van der Waals surface area contributed by atoms with Gasteiger partial charge < -0.3 is 4.74 Å². The van der Waals surface area contributed by atoms with Gasteiger partial charge in [0.2, 0.25) is 5.72 Å². The summed E-state index contributed by atoms with van der Waals surface area (Å²) in [6.07, 6.45) is 4.40. The van der Waals surface area contributed by atoms with Gasteiger partial charge in [0.25, 0.3) is 0 Å². The van der Waals surface area contributed by atoms with E-state index in [-0.39, 0.29) is 5.41 Å². The molecule has 2 aliphatic rings. The van der Waals surface area contributed by atoms with Crippen LogP contribution in [0, 0.1) is 0 Å². The topological polar surface area (TPSA) is 12.5 Å². The number of benzene rings is 3. The molecule has 1 atom stereocenters. The summed E-state index contributed by atoms with van der Waals surface area (Å²) < 4.78 is 7.87. The van der Waals surface area contributed by atoms with Gasteiger partial charge >= 0.3 is 0 Å². The molecule has 3 aromatic carbocycles. The standard InChI is InChI=1S/C24H20BrNO/c1-23(2)20-10-6-7-11-21(20)26(19-8-4-3-5-9-19)24(23)15-14-17-16-18(25)12-13-22(17)27-24/h3-16H,1-2H3/t24-/m1/s1. The maximum atomic E-state index is 6.82. The fraction of sp³-hybridized carbons (Fsp3) is 0.167. The third-order valence-corrected chi connectivity index (χ3v) is 6.28. The molecule has 0 radical (unpaired) electrons. The van der Waals surface area contributed by atoms with Gasteiger partial charge in [-0.15, -0.1) is 0 Å². The largest absolute Gasteiger partial charge is 0.462 e. The first-order valence-electron chi connectivity index (χ1n) is 9.15. The van der Waals surface area contributed by atoms with E-state index in [2.05, 4.69) is 101 Å². The zero-order chi connectivity index (χ0) is 18.6. The van der Waals surface area contributed by atoms with E-state index in [1.54, 1.807) is 0 Å². The van der Waals surface area contributed by atoms with Crippen molar-refractivity contribution in [1.29, 1.82) is 0 Å². The van der Waals surface area contributed by atoms with Crippen molar-refractivity contribution in [2.45, 2.75) is 25.0 Å². The summed E-state index contributed by atoms with van der Waals surface area (Å²) in [5, 5.41) is 0. The van der Waals surface area contributed by atoms with Crippen LogP contribution in [-0.4, -0.2) is 5.72 Å². The number of ether oxygens (including phenoxy) is 1. The van der Waals surface area contributed by atoms with Crippen molar-refractivity contribution >= 4 is 33.4 Å². The highest BCUT2D eigenvalue weighted by atomic mass is 79.9. The first-order chi connectivity index (χ1) is 13.0. The van der Waals surface area contributed by atoms with Gasteiger partial charge in [-0.25, -0.2) is 0 Å². The van der Waals surface area contributed by atoms with Crippen molar-refractivity contribution in [1.82, 2.24) is 0 Å². The van der Waals surface area contributed by atoms with E-state index in [0.717, 1.165) is 21.5 Å². The molecule has 2 aliphatic heterocycles. The molecule has 0 saturated carbocycles. The Labute approximate surface area is 168 Å². The molecule has 3 aromatic rings. The van der Waals surface area contributed by atoms with Gasteiger partial charge in [0.15, 0.2) is 0 Å². The zero-order valence-electron chi connectivity index (χ0n) is 15.3. The summed E-state index contributed by atoms with van der Waals surface area (Å²) >= 11 is 3.56. The maximum absolute atomic E-state index is 6.82. The molecule has 5 rings (SSSR count). The average Bonchev–Trinajstić information content (AvgIpc) is 2.87. The van der Waals surface area contributed by atoms with Gasteiger partial charge in [-0.1, -0.05) is 52.3 Å². The van der Waals surface area contributed by atoms with Crippen LogP contribution in [0.25, 0.3) is 6.08 Å². The lowest BCUT2D eigenvalue weighted by molar-refractivity contribution is 0.0630. The van der Waals surface area contributed by atoms with Crippen molar-refractivity contribution in [3.05, 3.63) is 94.5 Å². The molecule has 1 spiro atoms. The molecule has 0 fully saturated rings. The smallest absolute Gasteiger partial charge is 0.216 e. The average molecular weight is 418 g/mol. The van der Waals surface area contributed by atoms with Crippen LogP contribution in [0.2, 0.25) is 0 Å². The van der Waals surface area contributed by atoms with Gasteiger partial charge in [-0.05, 0) is 68.0 Å². The fourth-order valence-electron chi connectivity index (χ4n) is 4.36. The minimum Gasteiger partial charge on any atom is -0.462 e. The van der Waals surface area contributed by atoms with Crippen molar-refractivity contribution in [2.24, 2.45) is 0 Å². The highest BCUT2D eigenvalue weighted by Crippen LogP contribution is 2.57. The predicted octanol–water partition coefficient (Wildman–Crippen LogP) is 6.68. The van der Waals surface area contributed by atoms with Gasteiger partial charge in [-0.3, -0.25) is 4.90 Å². The molecule has 0 aromatic heterocycles. The van der Waals surface area contributed by atoms with Crippen LogP contribution in [0.15, 0.2) is 83.3 Å². The summed E-state index contributed by atoms with van der Waals surface area (Å²) in [4.78, 5) is 2.34. The lowest BCUT2D eigenvalue weighted by Crippen LogP contribution is -2.57. The fourth-order valence-corrected chi connectivity index (χ4v) is 4.74. The van der Waals surface area contributed by atoms with E-state index in [0.29, 0.717) is 0 Å². The van der Waals surface area contributed by atoms with Gasteiger partial charge in [0.05, 0.1) is 5.41 Å². The van der Waals surface area contributed by atoms with Crippen LogP contribution in [0.4, 0.5) is 11.4 Å². The van der Waals surface area contributed by atoms with Crippen LogP contribution in [-0.2, 0) is 5.41 Å². The summed E-state index contributed by atoms with van der Waals surface area (Å²) in [7, 11) is 0. The third-order valence-electron chi connectivity index (χ3n) is 5.79. The molecule has 2 nitrogen and oxygen atoms in total. The Kier molecular flexibility index (Phi) is 3.54. The molecular weight excluding hydrogens is 398 g/mol. The van der Waals surface area contributed by atoms with E-state index in [9.17, 15) is 0 Å². The highest BCUT2D eigenvalue weighted by Gasteiger charge is 2.59. The number of para-hydroxylation sites is 2. The molecule has 0 aliphatic carbocycles. The minimum absolute atomic E-state index is 0.235. The predicted molar refractivity (Wildman–Crippen MR) is 115 cm³/mol. The number of hydrogen-bond donors (Lipinski definition) is 0. The lowest BCUT2D eigenvalue weighted by Gasteiger charge is -2.47. The van der Waals surface area contributed by atoms with E-state index < -0.39 is 5.72 Å². The Morgan fingerprint density at radius 2 is 1.63 bits per heavy atom. The Morgan fingerprint density at radius 1 is 0.889 bits per heavy atom. The SMILES string of the molecule is CC1(C)c2ccccc2N(c2ccccc2)[C@@]12C=Cc1cc(Br)ccc1O2. The van der Waals surface area contributed by atoms with E-state index >= 15 is 0 Å². The van der Waals surface area contributed by atoms with Crippen molar-refractivity contribution < 1.29 is 4.74 Å². The van der Waals surface area contributed by atoms with Crippen molar-refractivity contribution in [3.8, 4) is 5.75 Å². The molecule has 2 heterocycles. The summed E-state index contributed by atoms with van der Waals surface area (Å²) in [5.41, 5.74) is 3.84. The van der Waals surface area contributed by atoms with E-state index in [1.807, 2.05) is 18.2 Å². The second kappa shape index (κ2) is 5.74. The van der Waals surface area contributed by atoms with Crippen LogP contribution in [0.3, 0.4) is 0 Å². The number of halogens is 1. The lowest BCUT2D eigenvalue weighted by atomic mass is 9.76. The maximum Gasteiger partial charge on any atom is 0.216 e. The van der Waals surface area contributed by atoms with Crippen LogP contribution in [0.5, 0.6) is 5.75 Å². The quantitative estimate of drug-likeness (QED) is 0.437. The molecule has 0 amide bonds. The van der Waals surface area contributed by atoms with Crippen molar-refractivity contribution in [3.63, 3.8) is 0 Å². The van der Waals surface area contributed by atoms with E-state index in [1.165, 1.54) is 11.3 Å². The van der Waals surface area contributed by atoms with Gasteiger partial charge in [0, 0.05) is 21.4 Å². The minimum atomic E-state index is -0.626.